The van der Waals surface area contributed by atoms with Gasteiger partial charge in [-0.3, -0.25) is 4.90 Å². The fourth-order valence-corrected chi connectivity index (χ4v) is 3.75. The molecule has 1 unspecified atom stereocenters. The number of aryl methyl sites for hydroxylation is 1. The largest absolute Gasteiger partial charge is 0.508 e. The first-order valence-electron chi connectivity index (χ1n) is 7.29. The number of benzene rings is 1. The van der Waals surface area contributed by atoms with E-state index in [1.54, 1.807) is 0 Å². The minimum absolute atomic E-state index is 0.417. The number of hydrogen-bond donors (Lipinski definition) is 1. The summed E-state index contributed by atoms with van der Waals surface area (Å²) in [5, 5.41) is 9.73. The van der Waals surface area contributed by atoms with Gasteiger partial charge in [-0.05, 0) is 62.4 Å². The van der Waals surface area contributed by atoms with E-state index >= 15 is 0 Å². The van der Waals surface area contributed by atoms with Crippen molar-refractivity contribution < 1.29 is 5.11 Å². The van der Waals surface area contributed by atoms with Crippen molar-refractivity contribution >= 4 is 0 Å². The molecule has 0 saturated heterocycles. The molecule has 1 saturated carbocycles. The van der Waals surface area contributed by atoms with Crippen LogP contribution < -0.4 is 0 Å². The van der Waals surface area contributed by atoms with Crippen LogP contribution in [-0.4, -0.2) is 23.1 Å². The number of fused-ring (bicyclic) bond motifs is 1. The Morgan fingerprint density at radius 2 is 1.89 bits per heavy atom. The van der Waals surface area contributed by atoms with E-state index in [1.807, 2.05) is 12.1 Å². The highest BCUT2D eigenvalue weighted by molar-refractivity contribution is 5.38. The van der Waals surface area contributed by atoms with Gasteiger partial charge in [0, 0.05) is 12.1 Å². The molecule has 0 heterocycles. The lowest BCUT2D eigenvalue weighted by atomic mass is 9.86. The van der Waals surface area contributed by atoms with E-state index < -0.39 is 0 Å². The lowest BCUT2D eigenvalue weighted by molar-refractivity contribution is 0.158. The zero-order chi connectivity index (χ0) is 12.5. The molecule has 1 atom stereocenters. The van der Waals surface area contributed by atoms with Gasteiger partial charge < -0.3 is 5.11 Å². The molecule has 0 aromatic heterocycles. The third-order valence-electron chi connectivity index (χ3n) is 4.80. The average molecular weight is 245 g/mol. The van der Waals surface area contributed by atoms with Crippen molar-refractivity contribution in [1.29, 1.82) is 0 Å². The number of nitrogens with zero attached hydrogens (tertiary/aromatic N) is 1. The summed E-state index contributed by atoms with van der Waals surface area (Å²) in [7, 11) is 2.28. The van der Waals surface area contributed by atoms with Gasteiger partial charge >= 0.3 is 0 Å². The molecule has 1 aromatic carbocycles. The zero-order valence-corrected chi connectivity index (χ0v) is 11.2. The van der Waals surface area contributed by atoms with E-state index in [-0.39, 0.29) is 0 Å². The van der Waals surface area contributed by atoms with Gasteiger partial charge in [0.25, 0.3) is 0 Å². The first-order chi connectivity index (χ1) is 8.75. The second-order valence-corrected chi connectivity index (χ2v) is 5.89. The van der Waals surface area contributed by atoms with E-state index in [0.29, 0.717) is 11.8 Å². The van der Waals surface area contributed by atoms with Crippen LogP contribution in [0.25, 0.3) is 0 Å². The number of hydrogen-bond acceptors (Lipinski definition) is 2. The summed E-state index contributed by atoms with van der Waals surface area (Å²) >= 11 is 0. The Labute approximate surface area is 110 Å². The monoisotopic (exact) mass is 245 g/mol. The van der Waals surface area contributed by atoms with Crippen LogP contribution in [0.5, 0.6) is 5.75 Å². The van der Waals surface area contributed by atoms with Gasteiger partial charge in [-0.15, -0.1) is 0 Å². The maximum Gasteiger partial charge on any atom is 0.115 e. The van der Waals surface area contributed by atoms with Gasteiger partial charge in [0.2, 0.25) is 0 Å². The van der Waals surface area contributed by atoms with Gasteiger partial charge in [-0.25, -0.2) is 0 Å². The molecule has 0 radical (unpaired) electrons. The topological polar surface area (TPSA) is 23.5 Å². The van der Waals surface area contributed by atoms with Crippen LogP contribution in [0.15, 0.2) is 18.2 Å². The van der Waals surface area contributed by atoms with Gasteiger partial charge in [-0.1, -0.05) is 18.9 Å². The normalized spacial score (nSPS) is 24.4. The predicted octanol–water partition coefficient (Wildman–Crippen LogP) is 3.64. The van der Waals surface area contributed by atoms with Gasteiger partial charge in [-0.2, -0.15) is 0 Å². The standard InChI is InChI=1S/C16H23NO/c1-17(13-6-2-3-7-13)16-8-4-5-12-9-10-14(18)11-15(12)16/h9-11,13,16,18H,2-8H2,1H3. The fraction of sp³-hybridized carbons (Fsp3) is 0.625. The smallest absolute Gasteiger partial charge is 0.115 e. The number of phenols is 1. The number of rotatable bonds is 2. The summed E-state index contributed by atoms with van der Waals surface area (Å²) in [5.74, 6) is 0.417. The summed E-state index contributed by atoms with van der Waals surface area (Å²) in [6.07, 6.45) is 9.15. The highest BCUT2D eigenvalue weighted by atomic mass is 16.3. The first-order valence-corrected chi connectivity index (χ1v) is 7.29. The van der Waals surface area contributed by atoms with Crippen molar-refractivity contribution in [2.24, 2.45) is 0 Å². The molecule has 0 aliphatic heterocycles. The van der Waals surface area contributed by atoms with Crippen LogP contribution in [0.1, 0.15) is 55.7 Å². The minimum Gasteiger partial charge on any atom is -0.508 e. The van der Waals surface area contributed by atoms with Crippen molar-refractivity contribution in [3.63, 3.8) is 0 Å². The molecule has 1 aromatic rings. The molecule has 2 aliphatic carbocycles. The molecule has 98 valence electrons. The van der Waals surface area contributed by atoms with Crippen molar-refractivity contribution in [2.45, 2.75) is 57.0 Å². The zero-order valence-electron chi connectivity index (χ0n) is 11.2. The molecule has 18 heavy (non-hydrogen) atoms. The minimum atomic E-state index is 0.417. The summed E-state index contributed by atoms with van der Waals surface area (Å²) < 4.78 is 0. The summed E-state index contributed by atoms with van der Waals surface area (Å²) in [5.41, 5.74) is 2.81. The van der Waals surface area contributed by atoms with Crippen molar-refractivity contribution in [3.05, 3.63) is 29.3 Å². The van der Waals surface area contributed by atoms with E-state index in [0.717, 1.165) is 6.04 Å². The second-order valence-electron chi connectivity index (χ2n) is 5.89. The Morgan fingerprint density at radius 1 is 1.11 bits per heavy atom. The molecule has 0 amide bonds. The number of aromatic hydroxyl groups is 1. The SMILES string of the molecule is CN(C1CCCC1)C1CCCc2ccc(O)cc21. The molecule has 2 heteroatoms. The molecule has 0 bridgehead atoms. The fourth-order valence-electron chi connectivity index (χ4n) is 3.75. The summed E-state index contributed by atoms with van der Waals surface area (Å²) in [6.45, 7) is 0. The Balaban J connectivity index is 1.87. The van der Waals surface area contributed by atoms with Crippen molar-refractivity contribution in [1.82, 2.24) is 4.90 Å². The molecule has 2 aliphatic rings. The van der Waals surface area contributed by atoms with Crippen LogP contribution in [0.3, 0.4) is 0 Å². The predicted molar refractivity (Wildman–Crippen MR) is 73.8 cm³/mol. The average Bonchev–Trinajstić information content (AvgIpc) is 2.91. The molecule has 1 fully saturated rings. The molecule has 2 nitrogen and oxygen atoms in total. The highest BCUT2D eigenvalue weighted by Gasteiger charge is 2.29. The number of phenolic OH excluding ortho intramolecular Hbond substituents is 1. The van der Waals surface area contributed by atoms with E-state index in [1.165, 1.54) is 56.1 Å². The maximum atomic E-state index is 9.73. The quantitative estimate of drug-likeness (QED) is 0.859. The van der Waals surface area contributed by atoms with Gasteiger partial charge in [0.1, 0.15) is 5.75 Å². The van der Waals surface area contributed by atoms with E-state index in [9.17, 15) is 5.11 Å². The summed E-state index contributed by atoms with van der Waals surface area (Å²) in [6, 6.07) is 7.20. The van der Waals surface area contributed by atoms with Crippen LogP contribution in [0.2, 0.25) is 0 Å². The van der Waals surface area contributed by atoms with Crippen LogP contribution in [-0.2, 0) is 6.42 Å². The van der Waals surface area contributed by atoms with Crippen LogP contribution in [0.4, 0.5) is 0 Å². The van der Waals surface area contributed by atoms with Crippen molar-refractivity contribution in [2.75, 3.05) is 7.05 Å². The summed E-state index contributed by atoms with van der Waals surface area (Å²) in [4.78, 5) is 2.57. The lowest BCUT2D eigenvalue weighted by Crippen LogP contribution is -2.35. The van der Waals surface area contributed by atoms with Crippen LogP contribution in [0, 0.1) is 0 Å². The van der Waals surface area contributed by atoms with E-state index in [2.05, 4.69) is 18.0 Å². The van der Waals surface area contributed by atoms with E-state index in [4.69, 9.17) is 0 Å². The molecular formula is C16H23NO. The Kier molecular flexibility index (Phi) is 3.29. The van der Waals surface area contributed by atoms with Gasteiger partial charge in [0.05, 0.1) is 0 Å². The Hall–Kier alpha value is -1.02. The Bertz CT molecular complexity index is 423. The molecule has 0 spiro atoms. The Morgan fingerprint density at radius 3 is 2.67 bits per heavy atom. The van der Waals surface area contributed by atoms with Gasteiger partial charge in [0.15, 0.2) is 0 Å². The molecule has 1 N–H and O–H groups in total. The lowest BCUT2D eigenvalue weighted by Gasteiger charge is -2.37. The van der Waals surface area contributed by atoms with Crippen LogP contribution >= 0.6 is 0 Å². The first kappa shape index (κ1) is 12.0. The molecule has 3 rings (SSSR count). The second kappa shape index (κ2) is 4.93. The molecular weight excluding hydrogens is 222 g/mol. The van der Waals surface area contributed by atoms with Crippen molar-refractivity contribution in [3.8, 4) is 5.75 Å². The highest BCUT2D eigenvalue weighted by Crippen LogP contribution is 2.38. The third kappa shape index (κ3) is 2.14. The maximum absolute atomic E-state index is 9.73. The third-order valence-corrected chi connectivity index (χ3v) is 4.80.